The molecular formula is C18H16Co2Fe2O7. The molecule has 2 heterocycles. The zero-order chi connectivity index (χ0) is 13.6. The van der Waals surface area contributed by atoms with Crippen LogP contribution in [0.5, 0.6) is 11.5 Å². The minimum atomic E-state index is 0. The predicted molar refractivity (Wildman–Crippen MR) is 83.3 cm³/mol. The topological polar surface area (TPSA) is 161 Å². The van der Waals surface area contributed by atoms with E-state index in [9.17, 15) is 0 Å². The van der Waals surface area contributed by atoms with Crippen LogP contribution in [0.15, 0.2) is 73.2 Å². The van der Waals surface area contributed by atoms with E-state index in [1.165, 1.54) is 11.1 Å². The number of ether oxygens (including phenoxy) is 2. The standard InChI is InChI=1S/2C9H8O.2Co.2Fe.5O/c2*1-2-6-9-8(4-1)5-3-7-10-9;;;;;;;;;/h2*1-4,6-7H,5H2;;;;;;;;;/q;;2*+2;2*+3;5*-2. The molecule has 11 heteroatoms. The van der Waals surface area contributed by atoms with E-state index in [1.807, 2.05) is 48.6 Å². The molecule has 0 aliphatic carbocycles. The summed E-state index contributed by atoms with van der Waals surface area (Å²) in [7, 11) is 0. The van der Waals surface area contributed by atoms with E-state index in [-0.39, 0.29) is 95.1 Å². The second kappa shape index (κ2) is 25.4. The zero-order valence-electron chi connectivity index (χ0n) is 14.6. The minimum Gasteiger partial charge on any atom is -2.00 e. The van der Waals surface area contributed by atoms with Crippen LogP contribution in [0, 0.1) is 0 Å². The summed E-state index contributed by atoms with van der Waals surface area (Å²) in [6, 6.07) is 16.2. The molecule has 0 atom stereocenters. The van der Waals surface area contributed by atoms with Gasteiger partial charge in [0.25, 0.3) is 0 Å². The molecule has 0 bridgehead atoms. The van der Waals surface area contributed by atoms with Crippen molar-refractivity contribution in [3.05, 3.63) is 84.3 Å². The van der Waals surface area contributed by atoms with Gasteiger partial charge in [0.1, 0.15) is 11.5 Å². The molecule has 2 aliphatic heterocycles. The van der Waals surface area contributed by atoms with Gasteiger partial charge in [-0.05, 0) is 48.3 Å². The molecule has 7 nitrogen and oxygen atoms in total. The van der Waals surface area contributed by atoms with Crippen LogP contribution in [-0.4, -0.2) is 0 Å². The first-order valence-electron chi connectivity index (χ1n) is 6.72. The average Bonchev–Trinajstić information content (AvgIpc) is 2.56. The van der Waals surface area contributed by atoms with Gasteiger partial charge >= 0.3 is 67.7 Å². The van der Waals surface area contributed by atoms with E-state index in [2.05, 4.69) is 12.1 Å². The van der Waals surface area contributed by atoms with Crippen LogP contribution in [0.4, 0.5) is 0 Å². The van der Waals surface area contributed by atoms with E-state index < -0.39 is 0 Å². The Hall–Kier alpha value is -0.628. The van der Waals surface area contributed by atoms with Crippen molar-refractivity contribution in [2.45, 2.75) is 12.8 Å². The Balaban J connectivity index is -0.0000000509. The summed E-state index contributed by atoms with van der Waals surface area (Å²) < 4.78 is 10.5. The maximum Gasteiger partial charge on any atom is 3.00 e. The number of benzene rings is 2. The van der Waals surface area contributed by atoms with Crippen LogP contribution >= 0.6 is 0 Å². The summed E-state index contributed by atoms with van der Waals surface area (Å²) in [6.07, 6.45) is 9.50. The van der Waals surface area contributed by atoms with Crippen molar-refractivity contribution in [3.8, 4) is 11.5 Å². The Kier molecular flexibility index (Phi) is 40.8. The van der Waals surface area contributed by atoms with Crippen molar-refractivity contribution < 1.29 is 105 Å². The molecule has 29 heavy (non-hydrogen) atoms. The van der Waals surface area contributed by atoms with Crippen molar-refractivity contribution in [2.75, 3.05) is 0 Å². The fourth-order valence-corrected chi connectivity index (χ4v) is 2.17. The van der Waals surface area contributed by atoms with Crippen LogP contribution in [0.1, 0.15) is 11.1 Å². The van der Waals surface area contributed by atoms with E-state index in [1.54, 1.807) is 12.5 Å². The Bertz CT molecular complexity index is 563. The molecule has 4 radical (unpaired) electrons. The Morgan fingerprint density at radius 1 is 0.517 bits per heavy atom. The van der Waals surface area contributed by atoms with E-state index in [0.29, 0.717) is 0 Å². The van der Waals surface area contributed by atoms with Gasteiger partial charge < -0.3 is 36.9 Å². The van der Waals surface area contributed by atoms with E-state index >= 15 is 0 Å². The first-order valence-corrected chi connectivity index (χ1v) is 6.72. The molecule has 0 fully saturated rings. The largest absolute Gasteiger partial charge is 3.00 e. The van der Waals surface area contributed by atoms with Gasteiger partial charge in [-0.15, -0.1) is 0 Å². The zero-order valence-corrected chi connectivity index (χ0v) is 18.9. The van der Waals surface area contributed by atoms with Gasteiger partial charge in [-0.25, -0.2) is 0 Å². The third-order valence-corrected chi connectivity index (χ3v) is 3.20. The van der Waals surface area contributed by atoms with Crippen molar-refractivity contribution >= 4 is 0 Å². The van der Waals surface area contributed by atoms with Crippen LogP contribution < -0.4 is 9.47 Å². The van der Waals surface area contributed by atoms with Gasteiger partial charge in [0.05, 0.1) is 12.5 Å². The van der Waals surface area contributed by atoms with E-state index in [0.717, 1.165) is 24.3 Å². The Morgan fingerprint density at radius 2 is 0.828 bits per heavy atom. The van der Waals surface area contributed by atoms with Gasteiger partial charge in [-0.3, -0.25) is 0 Å². The minimum absolute atomic E-state index is 0. The van der Waals surface area contributed by atoms with Crippen molar-refractivity contribution in [2.24, 2.45) is 0 Å². The maximum absolute atomic E-state index is 5.24. The molecule has 2 aliphatic rings. The Morgan fingerprint density at radius 3 is 1.14 bits per heavy atom. The number of fused-ring (bicyclic) bond motifs is 2. The number of rotatable bonds is 0. The molecule has 4 rings (SSSR count). The quantitative estimate of drug-likeness (QED) is 0.440. The summed E-state index contributed by atoms with van der Waals surface area (Å²) in [6.45, 7) is 0. The SMILES string of the molecule is C1=COc2ccccc2C1.C1=COc2ccccc2C1.[Co+2].[Co+2].[Fe+3].[Fe+3].[O-2].[O-2].[O-2].[O-2].[O-2]. The molecule has 0 saturated carbocycles. The van der Waals surface area contributed by atoms with Crippen molar-refractivity contribution in [1.29, 1.82) is 0 Å². The van der Waals surface area contributed by atoms with Gasteiger partial charge in [-0.1, -0.05) is 36.4 Å². The van der Waals surface area contributed by atoms with Crippen LogP contribution in [-0.2, 0) is 108 Å². The molecule has 0 N–H and O–H groups in total. The van der Waals surface area contributed by atoms with Gasteiger partial charge in [0.15, 0.2) is 0 Å². The summed E-state index contributed by atoms with van der Waals surface area (Å²) in [4.78, 5) is 0. The van der Waals surface area contributed by atoms with Gasteiger partial charge in [0, 0.05) is 0 Å². The molecule has 0 aromatic heterocycles. The first-order chi connectivity index (χ1) is 9.93. The monoisotopic (exact) mass is 574 g/mol. The molecule has 2 aromatic rings. The van der Waals surface area contributed by atoms with Crippen molar-refractivity contribution in [1.82, 2.24) is 0 Å². The summed E-state index contributed by atoms with van der Waals surface area (Å²) in [5.74, 6) is 1.98. The molecule has 0 amide bonds. The van der Waals surface area contributed by atoms with Crippen LogP contribution in [0.2, 0.25) is 0 Å². The van der Waals surface area contributed by atoms with Crippen molar-refractivity contribution in [3.63, 3.8) is 0 Å². The average molecular weight is 574 g/mol. The van der Waals surface area contributed by atoms with E-state index in [4.69, 9.17) is 9.47 Å². The smallest absolute Gasteiger partial charge is 2.00 e. The molecule has 2 aromatic carbocycles. The normalized spacial score (nSPS) is 9.66. The fraction of sp³-hybridized carbons (Fsp3) is 0.111. The van der Waals surface area contributed by atoms with Gasteiger partial charge in [-0.2, -0.15) is 0 Å². The fourth-order valence-electron chi connectivity index (χ4n) is 2.17. The Labute approximate surface area is 212 Å². The molecular weight excluding hydrogens is 558 g/mol. The van der Waals surface area contributed by atoms with Crippen LogP contribution in [0.25, 0.3) is 0 Å². The van der Waals surface area contributed by atoms with Gasteiger partial charge in [0.2, 0.25) is 0 Å². The first kappa shape index (κ1) is 46.5. The maximum atomic E-state index is 5.24. The third-order valence-electron chi connectivity index (χ3n) is 3.20. The molecule has 164 valence electrons. The molecule has 0 saturated heterocycles. The molecule has 0 unspecified atom stereocenters. The molecule has 0 spiro atoms. The number of para-hydroxylation sites is 2. The summed E-state index contributed by atoms with van der Waals surface area (Å²) >= 11 is 0. The summed E-state index contributed by atoms with van der Waals surface area (Å²) in [5, 5.41) is 0. The number of hydrogen-bond donors (Lipinski definition) is 0. The second-order valence-corrected chi connectivity index (χ2v) is 4.60. The van der Waals surface area contributed by atoms with Crippen LogP contribution in [0.3, 0.4) is 0 Å². The summed E-state index contributed by atoms with van der Waals surface area (Å²) in [5.41, 5.74) is 2.54. The predicted octanol–water partition coefficient (Wildman–Crippen LogP) is 3.67. The number of allylic oxidation sites excluding steroid dienone is 2. The second-order valence-electron chi connectivity index (χ2n) is 4.60. The third kappa shape index (κ3) is 14.1. The number of hydrogen-bond acceptors (Lipinski definition) is 2.